The van der Waals surface area contributed by atoms with Crippen molar-refractivity contribution < 1.29 is 9.32 Å². The number of urea groups is 1. The van der Waals surface area contributed by atoms with Crippen LogP contribution in [0, 0.1) is 6.92 Å². The minimum absolute atomic E-state index is 0.0264. The van der Waals surface area contributed by atoms with Crippen molar-refractivity contribution in [2.24, 2.45) is 0 Å². The van der Waals surface area contributed by atoms with Gasteiger partial charge in [-0.3, -0.25) is 9.88 Å². The van der Waals surface area contributed by atoms with Crippen molar-refractivity contribution in [1.82, 2.24) is 25.3 Å². The van der Waals surface area contributed by atoms with E-state index in [1.165, 1.54) is 0 Å². The van der Waals surface area contributed by atoms with Gasteiger partial charge in [0.15, 0.2) is 5.76 Å². The zero-order chi connectivity index (χ0) is 16.9. The SMILES string of the molecule is Cc1cc(CN2CCN(C(=O)NC(C)c3cccnc3)CC2)on1. The van der Waals surface area contributed by atoms with Crippen LogP contribution in [0.4, 0.5) is 4.79 Å². The number of pyridine rings is 1. The van der Waals surface area contributed by atoms with Gasteiger partial charge in [-0.15, -0.1) is 0 Å². The van der Waals surface area contributed by atoms with Gasteiger partial charge in [0.25, 0.3) is 0 Å². The maximum Gasteiger partial charge on any atom is 0.317 e. The Morgan fingerprint density at radius 2 is 2.17 bits per heavy atom. The Labute approximate surface area is 141 Å². The first kappa shape index (κ1) is 16.4. The number of aryl methyl sites for hydroxylation is 1. The summed E-state index contributed by atoms with van der Waals surface area (Å²) in [5.74, 6) is 0.871. The molecular formula is C17H23N5O2. The molecule has 0 bridgehead atoms. The number of hydrogen-bond acceptors (Lipinski definition) is 5. The van der Waals surface area contributed by atoms with Crippen LogP contribution in [0.25, 0.3) is 0 Å². The van der Waals surface area contributed by atoms with Crippen LogP contribution in [0.2, 0.25) is 0 Å². The van der Waals surface area contributed by atoms with Crippen molar-refractivity contribution in [3.05, 3.63) is 47.6 Å². The molecule has 0 aromatic carbocycles. The highest BCUT2D eigenvalue weighted by atomic mass is 16.5. The van der Waals surface area contributed by atoms with Crippen LogP contribution in [0.1, 0.15) is 30.0 Å². The second-order valence-electron chi connectivity index (χ2n) is 6.16. The normalized spacial score (nSPS) is 16.8. The number of hydrogen-bond donors (Lipinski definition) is 1. The van der Waals surface area contributed by atoms with E-state index in [1.807, 2.05) is 36.9 Å². The summed E-state index contributed by atoms with van der Waals surface area (Å²) in [5.41, 5.74) is 1.90. The van der Waals surface area contributed by atoms with Gasteiger partial charge >= 0.3 is 6.03 Å². The molecule has 3 heterocycles. The number of amides is 2. The second-order valence-corrected chi connectivity index (χ2v) is 6.16. The Bertz CT molecular complexity index is 665. The van der Waals surface area contributed by atoms with E-state index in [-0.39, 0.29) is 12.1 Å². The fourth-order valence-electron chi connectivity index (χ4n) is 2.81. The maximum absolute atomic E-state index is 12.4. The molecule has 1 aliphatic heterocycles. The van der Waals surface area contributed by atoms with Crippen LogP contribution in [-0.4, -0.2) is 52.2 Å². The smallest absolute Gasteiger partial charge is 0.317 e. The molecule has 1 fully saturated rings. The summed E-state index contributed by atoms with van der Waals surface area (Å²) in [6, 6.07) is 5.72. The Kier molecular flexibility index (Phi) is 5.10. The molecule has 24 heavy (non-hydrogen) atoms. The summed E-state index contributed by atoms with van der Waals surface area (Å²) in [6.07, 6.45) is 3.51. The monoisotopic (exact) mass is 329 g/mol. The van der Waals surface area contributed by atoms with Crippen molar-refractivity contribution in [2.75, 3.05) is 26.2 Å². The summed E-state index contributed by atoms with van der Waals surface area (Å²) in [5, 5.41) is 6.94. The van der Waals surface area contributed by atoms with Crippen molar-refractivity contribution in [2.45, 2.75) is 26.4 Å². The van der Waals surface area contributed by atoms with E-state index < -0.39 is 0 Å². The summed E-state index contributed by atoms with van der Waals surface area (Å²) in [4.78, 5) is 20.6. The third-order valence-electron chi connectivity index (χ3n) is 4.24. The van der Waals surface area contributed by atoms with Gasteiger partial charge in [0.2, 0.25) is 0 Å². The Hall–Kier alpha value is -2.41. The van der Waals surface area contributed by atoms with Gasteiger partial charge in [-0.25, -0.2) is 4.79 Å². The molecule has 1 saturated heterocycles. The van der Waals surface area contributed by atoms with E-state index in [1.54, 1.807) is 12.4 Å². The zero-order valence-electron chi connectivity index (χ0n) is 14.1. The third-order valence-corrected chi connectivity index (χ3v) is 4.24. The average Bonchev–Trinajstić information content (AvgIpc) is 3.01. The third kappa shape index (κ3) is 4.11. The van der Waals surface area contributed by atoms with Gasteiger partial charge in [0.05, 0.1) is 18.3 Å². The van der Waals surface area contributed by atoms with Gasteiger partial charge in [0, 0.05) is 44.6 Å². The first-order valence-electron chi connectivity index (χ1n) is 8.22. The quantitative estimate of drug-likeness (QED) is 0.928. The molecule has 2 amide bonds. The highest BCUT2D eigenvalue weighted by molar-refractivity contribution is 5.74. The number of piperazine rings is 1. The molecule has 1 aliphatic rings. The van der Waals surface area contributed by atoms with E-state index in [9.17, 15) is 4.79 Å². The van der Waals surface area contributed by atoms with E-state index in [0.29, 0.717) is 13.1 Å². The Morgan fingerprint density at radius 3 is 2.79 bits per heavy atom. The van der Waals surface area contributed by atoms with Gasteiger partial charge < -0.3 is 14.7 Å². The zero-order valence-corrected chi connectivity index (χ0v) is 14.1. The number of carbonyl (C=O) groups is 1. The lowest BCUT2D eigenvalue weighted by Gasteiger charge is -2.34. The van der Waals surface area contributed by atoms with E-state index >= 15 is 0 Å². The number of aromatic nitrogens is 2. The number of nitrogens with zero attached hydrogens (tertiary/aromatic N) is 4. The summed E-state index contributed by atoms with van der Waals surface area (Å²) in [7, 11) is 0. The predicted molar refractivity (Wildman–Crippen MR) is 89.3 cm³/mol. The molecule has 1 N–H and O–H groups in total. The number of nitrogens with one attached hydrogen (secondary N) is 1. The van der Waals surface area contributed by atoms with Crippen LogP contribution >= 0.6 is 0 Å². The van der Waals surface area contributed by atoms with E-state index in [4.69, 9.17) is 4.52 Å². The van der Waals surface area contributed by atoms with Crippen molar-refractivity contribution in [3.63, 3.8) is 0 Å². The van der Waals surface area contributed by atoms with Gasteiger partial charge in [0.1, 0.15) is 0 Å². The molecule has 2 aromatic rings. The Morgan fingerprint density at radius 1 is 1.38 bits per heavy atom. The van der Waals surface area contributed by atoms with E-state index in [2.05, 4.69) is 20.4 Å². The molecule has 0 radical (unpaired) electrons. The fraction of sp³-hybridized carbons (Fsp3) is 0.471. The lowest BCUT2D eigenvalue weighted by Crippen LogP contribution is -2.51. The summed E-state index contributed by atoms with van der Waals surface area (Å²) in [6.45, 7) is 7.69. The minimum atomic E-state index is -0.0543. The van der Waals surface area contributed by atoms with E-state index in [0.717, 1.165) is 36.7 Å². The average molecular weight is 329 g/mol. The van der Waals surface area contributed by atoms with Crippen LogP contribution < -0.4 is 5.32 Å². The molecule has 1 unspecified atom stereocenters. The van der Waals surface area contributed by atoms with Crippen molar-refractivity contribution in [1.29, 1.82) is 0 Å². The van der Waals surface area contributed by atoms with Crippen molar-refractivity contribution >= 4 is 6.03 Å². The standard InChI is InChI=1S/C17H23N5O2/c1-13-10-16(24-20-13)12-21-6-8-22(9-7-21)17(23)19-14(2)15-4-3-5-18-11-15/h3-5,10-11,14H,6-9,12H2,1-2H3,(H,19,23). The largest absolute Gasteiger partial charge is 0.360 e. The predicted octanol–water partition coefficient (Wildman–Crippen LogP) is 1.97. The molecule has 128 valence electrons. The number of rotatable bonds is 4. The molecule has 2 aromatic heterocycles. The number of carbonyl (C=O) groups excluding carboxylic acids is 1. The Balaban J connectivity index is 1.46. The van der Waals surface area contributed by atoms with Crippen LogP contribution in [-0.2, 0) is 6.54 Å². The lowest BCUT2D eigenvalue weighted by molar-refractivity contribution is 0.126. The topological polar surface area (TPSA) is 74.5 Å². The molecule has 7 heteroatoms. The highest BCUT2D eigenvalue weighted by Gasteiger charge is 2.23. The fourth-order valence-corrected chi connectivity index (χ4v) is 2.81. The summed E-state index contributed by atoms with van der Waals surface area (Å²) >= 11 is 0. The molecule has 7 nitrogen and oxygen atoms in total. The van der Waals surface area contributed by atoms with Crippen LogP contribution in [0.3, 0.4) is 0 Å². The molecule has 3 rings (SSSR count). The van der Waals surface area contributed by atoms with Gasteiger partial charge in [-0.2, -0.15) is 0 Å². The summed E-state index contributed by atoms with van der Waals surface area (Å²) < 4.78 is 5.25. The first-order chi connectivity index (χ1) is 11.6. The van der Waals surface area contributed by atoms with Gasteiger partial charge in [-0.1, -0.05) is 11.2 Å². The molecular weight excluding hydrogens is 306 g/mol. The molecule has 0 spiro atoms. The highest BCUT2D eigenvalue weighted by Crippen LogP contribution is 2.13. The van der Waals surface area contributed by atoms with Crippen LogP contribution in [0.15, 0.2) is 35.1 Å². The first-order valence-corrected chi connectivity index (χ1v) is 8.22. The molecule has 1 atom stereocenters. The second kappa shape index (κ2) is 7.44. The maximum atomic E-state index is 12.4. The van der Waals surface area contributed by atoms with Crippen molar-refractivity contribution in [3.8, 4) is 0 Å². The molecule has 0 saturated carbocycles. The molecule has 0 aliphatic carbocycles. The van der Waals surface area contributed by atoms with Gasteiger partial charge in [-0.05, 0) is 25.5 Å². The lowest BCUT2D eigenvalue weighted by atomic mass is 10.1. The minimum Gasteiger partial charge on any atom is -0.360 e. The van der Waals surface area contributed by atoms with Crippen LogP contribution in [0.5, 0.6) is 0 Å².